The molecule has 9 heteroatoms. The summed E-state index contributed by atoms with van der Waals surface area (Å²) < 4.78 is 5.31. The lowest BCUT2D eigenvalue weighted by Gasteiger charge is -2.30. The normalized spacial score (nSPS) is 24.6. The van der Waals surface area contributed by atoms with Crippen molar-refractivity contribution in [2.75, 3.05) is 0 Å². The van der Waals surface area contributed by atoms with Crippen LogP contribution in [0.25, 0.3) is 0 Å². The van der Waals surface area contributed by atoms with Crippen molar-refractivity contribution in [3.05, 3.63) is 34.3 Å². The van der Waals surface area contributed by atoms with E-state index in [1.165, 1.54) is 17.0 Å². The van der Waals surface area contributed by atoms with Crippen LogP contribution >= 0.6 is 11.6 Å². The lowest BCUT2D eigenvalue weighted by Crippen LogP contribution is -2.52. The van der Waals surface area contributed by atoms with Crippen molar-refractivity contribution in [1.82, 2.24) is 10.2 Å². The third-order valence-corrected chi connectivity index (χ3v) is 6.16. The molecule has 30 heavy (non-hydrogen) atoms. The zero-order chi connectivity index (χ0) is 22.6. The smallest absolute Gasteiger partial charge is 0.414 e. The maximum Gasteiger partial charge on any atom is 0.414 e. The van der Waals surface area contributed by atoms with Crippen LogP contribution in [0.15, 0.2) is 23.2 Å². The number of amides is 2. The highest BCUT2D eigenvalue weighted by molar-refractivity contribution is 6.33. The summed E-state index contributed by atoms with van der Waals surface area (Å²) >= 11 is 5.95. The topological polar surface area (TPSA) is 108 Å². The van der Waals surface area contributed by atoms with E-state index in [1.54, 1.807) is 26.8 Å². The van der Waals surface area contributed by atoms with Gasteiger partial charge in [-0.05, 0) is 45.4 Å². The summed E-state index contributed by atoms with van der Waals surface area (Å²) in [5, 5.41) is 12.0. The number of guanidine groups is 1. The molecule has 2 aliphatic rings. The number of nitrogens with one attached hydrogen (secondary N) is 1. The van der Waals surface area contributed by atoms with Crippen molar-refractivity contribution < 1.29 is 24.2 Å². The van der Waals surface area contributed by atoms with Gasteiger partial charge in [0.05, 0.1) is 28.6 Å². The molecule has 1 aromatic rings. The number of carboxylic acids is 1. The van der Waals surface area contributed by atoms with E-state index in [-0.39, 0.29) is 40.3 Å². The molecule has 1 heterocycles. The Morgan fingerprint density at radius 3 is 2.50 bits per heavy atom. The van der Waals surface area contributed by atoms with Crippen molar-refractivity contribution in [2.45, 2.75) is 59.2 Å². The molecular weight excluding hydrogens is 410 g/mol. The minimum atomic E-state index is -1.16. The molecule has 0 radical (unpaired) electrons. The van der Waals surface area contributed by atoms with E-state index >= 15 is 0 Å². The lowest BCUT2D eigenvalue weighted by molar-refractivity contribution is -0.130. The molecule has 0 spiro atoms. The van der Waals surface area contributed by atoms with Gasteiger partial charge >= 0.3 is 12.1 Å². The monoisotopic (exact) mass is 435 g/mol. The minimum absolute atomic E-state index is 0.0353. The average Bonchev–Trinajstić information content (AvgIpc) is 3.02. The van der Waals surface area contributed by atoms with Gasteiger partial charge in [-0.25, -0.2) is 14.6 Å². The van der Waals surface area contributed by atoms with Gasteiger partial charge in [0, 0.05) is 5.41 Å². The number of benzene rings is 1. The fraction of sp³-hybridized carbons (Fsp3) is 0.524. The van der Waals surface area contributed by atoms with E-state index in [1.807, 2.05) is 20.8 Å². The summed E-state index contributed by atoms with van der Waals surface area (Å²) in [5.74, 6) is -1.59. The molecule has 2 atom stereocenters. The fourth-order valence-electron chi connectivity index (χ4n) is 3.92. The first-order chi connectivity index (χ1) is 13.7. The van der Waals surface area contributed by atoms with Crippen LogP contribution in [0.5, 0.6) is 0 Å². The van der Waals surface area contributed by atoms with E-state index in [0.717, 1.165) is 0 Å². The van der Waals surface area contributed by atoms with Gasteiger partial charge in [-0.3, -0.25) is 15.0 Å². The number of aromatic carboxylic acids is 1. The highest BCUT2D eigenvalue weighted by Gasteiger charge is 2.75. The maximum atomic E-state index is 13.3. The van der Waals surface area contributed by atoms with Gasteiger partial charge in [0.25, 0.3) is 0 Å². The quantitative estimate of drug-likeness (QED) is 0.752. The second-order valence-corrected chi connectivity index (χ2v) is 9.82. The van der Waals surface area contributed by atoms with Gasteiger partial charge < -0.3 is 9.84 Å². The molecule has 1 aromatic carbocycles. The molecule has 1 saturated carbocycles. The Balaban J connectivity index is 1.94. The molecule has 0 aromatic heterocycles. The van der Waals surface area contributed by atoms with E-state index in [0.29, 0.717) is 5.56 Å². The number of nitrogens with zero attached hydrogens (tertiary/aromatic N) is 2. The van der Waals surface area contributed by atoms with Crippen LogP contribution in [-0.2, 0) is 16.1 Å². The summed E-state index contributed by atoms with van der Waals surface area (Å²) in [4.78, 5) is 43.1. The SMILES string of the molecule is CC(C)(C)OC(=O)NC1=NC2(C)C(C(=O)N1Cc1ccc(Cl)c(C(=O)O)c1)C2(C)C. The molecule has 3 rings (SSSR count). The Labute approximate surface area is 180 Å². The van der Waals surface area contributed by atoms with Crippen molar-refractivity contribution in [3.63, 3.8) is 0 Å². The molecule has 2 N–H and O–H groups in total. The predicted molar refractivity (Wildman–Crippen MR) is 111 cm³/mol. The van der Waals surface area contributed by atoms with Gasteiger partial charge in [-0.1, -0.05) is 31.5 Å². The third-order valence-electron chi connectivity index (χ3n) is 5.83. The number of hydrogen-bond donors (Lipinski definition) is 2. The number of carbonyl (C=O) groups is 3. The first-order valence-corrected chi connectivity index (χ1v) is 9.98. The summed E-state index contributed by atoms with van der Waals surface area (Å²) in [7, 11) is 0. The Kier molecular flexibility index (Phi) is 5.13. The van der Waals surface area contributed by atoms with Gasteiger partial charge in [0.1, 0.15) is 5.60 Å². The second-order valence-electron chi connectivity index (χ2n) is 9.41. The Morgan fingerprint density at radius 2 is 1.93 bits per heavy atom. The van der Waals surface area contributed by atoms with Crippen molar-refractivity contribution in [1.29, 1.82) is 0 Å². The molecule has 162 valence electrons. The van der Waals surface area contributed by atoms with Crippen LogP contribution in [0.3, 0.4) is 0 Å². The van der Waals surface area contributed by atoms with E-state index in [9.17, 15) is 19.5 Å². The van der Waals surface area contributed by atoms with E-state index in [4.69, 9.17) is 16.3 Å². The fourth-order valence-corrected chi connectivity index (χ4v) is 4.11. The summed E-state index contributed by atoms with van der Waals surface area (Å²) in [6.07, 6.45) is -0.720. The number of rotatable bonds is 3. The van der Waals surface area contributed by atoms with Crippen molar-refractivity contribution in [2.24, 2.45) is 16.3 Å². The molecule has 8 nitrogen and oxygen atoms in total. The van der Waals surface area contributed by atoms with Gasteiger partial charge in [-0.15, -0.1) is 0 Å². The number of hydrogen-bond acceptors (Lipinski definition) is 5. The van der Waals surface area contributed by atoms with Crippen LogP contribution < -0.4 is 5.32 Å². The molecule has 1 aliphatic carbocycles. The largest absolute Gasteiger partial charge is 0.478 e. The summed E-state index contributed by atoms with van der Waals surface area (Å²) in [6.45, 7) is 11.0. The minimum Gasteiger partial charge on any atom is -0.478 e. The Bertz CT molecular complexity index is 966. The second kappa shape index (κ2) is 6.97. The Morgan fingerprint density at radius 1 is 1.30 bits per heavy atom. The lowest BCUT2D eigenvalue weighted by atomic mass is 10.1. The molecular formula is C21H26ClN3O5. The number of alkyl carbamates (subject to hydrolysis) is 1. The molecule has 1 fully saturated rings. The molecule has 2 amide bonds. The van der Waals surface area contributed by atoms with Gasteiger partial charge in [0.2, 0.25) is 11.9 Å². The van der Waals surface area contributed by atoms with Crippen LogP contribution in [0, 0.1) is 11.3 Å². The highest BCUT2D eigenvalue weighted by atomic mass is 35.5. The van der Waals surface area contributed by atoms with Crippen LogP contribution in [-0.4, -0.2) is 45.1 Å². The molecule has 0 bridgehead atoms. The molecule has 0 saturated heterocycles. The first-order valence-electron chi connectivity index (χ1n) is 9.60. The number of carbonyl (C=O) groups excluding carboxylic acids is 2. The van der Waals surface area contributed by atoms with Crippen LogP contribution in [0.4, 0.5) is 4.79 Å². The van der Waals surface area contributed by atoms with Crippen LogP contribution in [0.1, 0.15) is 57.5 Å². The molecule has 2 unspecified atom stereocenters. The van der Waals surface area contributed by atoms with E-state index < -0.39 is 23.2 Å². The number of fused-ring (bicyclic) bond motifs is 1. The standard InChI is InChI=1S/C21H26ClN3O5/c1-19(2,3)30-18(29)23-17-24-21(6)14(20(21,4)5)15(26)25(17)10-11-7-8-13(22)12(9-11)16(27)28/h7-9,14H,10H2,1-6H3,(H,27,28)(H,23,24,29). The van der Waals surface area contributed by atoms with Gasteiger partial charge in [0.15, 0.2) is 0 Å². The van der Waals surface area contributed by atoms with Crippen LogP contribution in [0.2, 0.25) is 5.02 Å². The maximum absolute atomic E-state index is 13.3. The highest BCUT2D eigenvalue weighted by Crippen LogP contribution is 2.66. The average molecular weight is 436 g/mol. The van der Waals surface area contributed by atoms with Crippen molar-refractivity contribution in [3.8, 4) is 0 Å². The zero-order valence-electron chi connectivity index (χ0n) is 17.9. The van der Waals surface area contributed by atoms with Gasteiger partial charge in [-0.2, -0.15) is 0 Å². The summed E-state index contributed by atoms with van der Waals surface area (Å²) in [5.41, 5.74) is -1.23. The number of carboxylic acid groups (broad SMARTS) is 1. The number of ether oxygens (including phenoxy) is 1. The van der Waals surface area contributed by atoms with E-state index in [2.05, 4.69) is 10.3 Å². The number of aliphatic imine (C=N–C) groups is 1. The third kappa shape index (κ3) is 3.76. The molecule has 1 aliphatic heterocycles. The first kappa shape index (κ1) is 22.1. The summed E-state index contributed by atoms with van der Waals surface area (Å²) in [6, 6.07) is 4.52. The zero-order valence-corrected chi connectivity index (χ0v) is 18.6. The van der Waals surface area contributed by atoms with Crippen molar-refractivity contribution >= 4 is 35.5 Å². The predicted octanol–water partition coefficient (Wildman–Crippen LogP) is 3.68. The number of halogens is 1. The Hall–Kier alpha value is -2.61.